The molecule has 0 saturated heterocycles. The van der Waals surface area contributed by atoms with Gasteiger partial charge in [0.15, 0.2) is 5.82 Å². The third-order valence-electron chi connectivity index (χ3n) is 4.58. The van der Waals surface area contributed by atoms with Crippen LogP contribution < -0.4 is 20.1 Å². The van der Waals surface area contributed by atoms with Gasteiger partial charge in [0.05, 0.1) is 30.3 Å². The maximum atomic E-state index is 13.3. The number of halogens is 2. The summed E-state index contributed by atoms with van der Waals surface area (Å²) in [7, 11) is 1.56. The number of aromatic nitrogens is 4. The smallest absolute Gasteiger partial charge is 0.230 e. The van der Waals surface area contributed by atoms with Crippen molar-refractivity contribution in [2.24, 2.45) is 0 Å². The number of amides is 1. The molecule has 1 amide bonds. The normalized spacial score (nSPS) is 10.8. The molecule has 170 valence electrons. The van der Waals surface area contributed by atoms with E-state index in [1.54, 1.807) is 31.4 Å². The third kappa shape index (κ3) is 5.47. The number of aromatic amines is 1. The minimum absolute atomic E-state index is 0.0248. The highest BCUT2D eigenvalue weighted by molar-refractivity contribution is 6.18. The van der Waals surface area contributed by atoms with Crippen LogP contribution >= 0.6 is 11.6 Å². The topological polar surface area (TPSA) is 114 Å². The van der Waals surface area contributed by atoms with Gasteiger partial charge in [0, 0.05) is 29.6 Å². The van der Waals surface area contributed by atoms with Gasteiger partial charge < -0.3 is 20.1 Å². The second-order valence-electron chi connectivity index (χ2n) is 6.92. The summed E-state index contributed by atoms with van der Waals surface area (Å²) in [5, 5.41) is 13.4. The summed E-state index contributed by atoms with van der Waals surface area (Å²) in [5.74, 6) is 1.59. The second kappa shape index (κ2) is 10.1. The zero-order chi connectivity index (χ0) is 23.2. The first-order valence-corrected chi connectivity index (χ1v) is 10.5. The van der Waals surface area contributed by atoms with Crippen molar-refractivity contribution in [3.63, 3.8) is 0 Å². The standard InChI is InChI=1S/C22H20ClFN6O3/c1-32-16-10-17-21(18(11-16)33-6-5-23)22(26-12-25-17)28-19-8-15(29-30-19)9-20(31)27-14-4-2-3-13(24)7-14/h2-4,7-8,10-12H,5-6,9H2,1H3,(H,27,31)(H2,25,26,28,29,30). The molecule has 2 aromatic carbocycles. The lowest BCUT2D eigenvalue weighted by atomic mass is 10.2. The van der Waals surface area contributed by atoms with Gasteiger partial charge in [-0.05, 0) is 18.2 Å². The van der Waals surface area contributed by atoms with Crippen molar-refractivity contribution in [3.8, 4) is 11.5 Å². The molecule has 0 aliphatic carbocycles. The monoisotopic (exact) mass is 470 g/mol. The zero-order valence-corrected chi connectivity index (χ0v) is 18.3. The van der Waals surface area contributed by atoms with Crippen LogP contribution in [0.15, 0.2) is 48.8 Å². The Morgan fingerprint density at radius 1 is 1.21 bits per heavy atom. The minimum Gasteiger partial charge on any atom is -0.497 e. The van der Waals surface area contributed by atoms with Crippen LogP contribution in [-0.4, -0.2) is 45.7 Å². The zero-order valence-electron chi connectivity index (χ0n) is 17.6. The van der Waals surface area contributed by atoms with E-state index in [0.29, 0.717) is 57.9 Å². The Bertz CT molecular complexity index is 1280. The summed E-state index contributed by atoms with van der Waals surface area (Å²) in [6.07, 6.45) is 1.44. The number of alkyl halides is 1. The molecule has 0 aliphatic heterocycles. The van der Waals surface area contributed by atoms with Crippen LogP contribution in [0.4, 0.5) is 21.7 Å². The van der Waals surface area contributed by atoms with Crippen LogP contribution in [0, 0.1) is 5.82 Å². The van der Waals surface area contributed by atoms with Crippen molar-refractivity contribution >= 4 is 45.7 Å². The van der Waals surface area contributed by atoms with Crippen molar-refractivity contribution in [2.75, 3.05) is 30.2 Å². The maximum Gasteiger partial charge on any atom is 0.230 e. The first kappa shape index (κ1) is 22.3. The van der Waals surface area contributed by atoms with E-state index < -0.39 is 5.82 Å². The number of methoxy groups -OCH3 is 1. The fourth-order valence-corrected chi connectivity index (χ4v) is 3.26. The maximum absolute atomic E-state index is 13.3. The Hall–Kier alpha value is -3.92. The van der Waals surface area contributed by atoms with Gasteiger partial charge >= 0.3 is 0 Å². The molecule has 4 aromatic rings. The fourth-order valence-electron chi connectivity index (χ4n) is 3.19. The molecule has 0 bridgehead atoms. The number of carbonyl (C=O) groups is 1. The van der Waals surface area contributed by atoms with Crippen molar-refractivity contribution in [2.45, 2.75) is 6.42 Å². The Labute approximate surface area is 193 Å². The summed E-state index contributed by atoms with van der Waals surface area (Å²) in [6, 6.07) is 10.9. The molecular formula is C22H20ClFN6O3. The molecule has 0 fully saturated rings. The number of nitrogens with one attached hydrogen (secondary N) is 3. The quantitative estimate of drug-likeness (QED) is 0.316. The number of hydrogen-bond donors (Lipinski definition) is 3. The highest BCUT2D eigenvalue weighted by Gasteiger charge is 2.15. The number of fused-ring (bicyclic) bond motifs is 1. The van der Waals surface area contributed by atoms with Gasteiger partial charge in [0.1, 0.15) is 36.1 Å². The van der Waals surface area contributed by atoms with Crippen LogP contribution in [0.3, 0.4) is 0 Å². The van der Waals surface area contributed by atoms with Gasteiger partial charge in [-0.2, -0.15) is 5.10 Å². The lowest BCUT2D eigenvalue weighted by Crippen LogP contribution is -2.14. The molecule has 3 N–H and O–H groups in total. The molecule has 0 spiro atoms. The Morgan fingerprint density at radius 2 is 2.09 bits per heavy atom. The van der Waals surface area contributed by atoms with E-state index in [1.807, 2.05) is 0 Å². The lowest BCUT2D eigenvalue weighted by Gasteiger charge is -2.13. The largest absolute Gasteiger partial charge is 0.497 e. The molecule has 0 radical (unpaired) electrons. The van der Waals surface area contributed by atoms with Crippen molar-refractivity contribution in [1.29, 1.82) is 0 Å². The predicted octanol–water partition coefficient (Wildman–Crippen LogP) is 4.04. The van der Waals surface area contributed by atoms with Crippen LogP contribution in [0.5, 0.6) is 11.5 Å². The van der Waals surface area contributed by atoms with Gasteiger partial charge in [-0.15, -0.1) is 11.6 Å². The summed E-state index contributed by atoms with van der Waals surface area (Å²) in [5.41, 5.74) is 1.55. The number of ether oxygens (including phenoxy) is 2. The Morgan fingerprint density at radius 3 is 2.88 bits per heavy atom. The molecule has 0 unspecified atom stereocenters. The highest BCUT2D eigenvalue weighted by atomic mass is 35.5. The first-order valence-electron chi connectivity index (χ1n) is 9.94. The lowest BCUT2D eigenvalue weighted by molar-refractivity contribution is -0.115. The average molecular weight is 471 g/mol. The molecule has 2 heterocycles. The number of benzene rings is 2. The summed E-state index contributed by atoms with van der Waals surface area (Å²) >= 11 is 5.78. The molecule has 4 rings (SSSR count). The van der Waals surface area contributed by atoms with Crippen molar-refractivity contribution < 1.29 is 18.7 Å². The molecule has 2 aromatic heterocycles. The van der Waals surface area contributed by atoms with Crippen LogP contribution in [0.25, 0.3) is 10.9 Å². The average Bonchev–Trinajstić information content (AvgIpc) is 3.23. The molecular weight excluding hydrogens is 451 g/mol. The van der Waals surface area contributed by atoms with Crippen LogP contribution in [-0.2, 0) is 11.2 Å². The van der Waals surface area contributed by atoms with E-state index in [2.05, 4.69) is 30.8 Å². The Balaban J connectivity index is 1.52. The molecule has 11 heteroatoms. The minimum atomic E-state index is -0.426. The van der Waals surface area contributed by atoms with Crippen molar-refractivity contribution in [3.05, 3.63) is 60.3 Å². The van der Waals surface area contributed by atoms with Gasteiger partial charge in [-0.1, -0.05) is 6.07 Å². The summed E-state index contributed by atoms with van der Waals surface area (Å²) in [6.45, 7) is 0.297. The second-order valence-corrected chi connectivity index (χ2v) is 7.30. The van der Waals surface area contributed by atoms with Gasteiger partial charge in [-0.3, -0.25) is 9.89 Å². The summed E-state index contributed by atoms with van der Waals surface area (Å²) < 4.78 is 24.4. The molecule has 0 saturated carbocycles. The van der Waals surface area contributed by atoms with Crippen LogP contribution in [0.1, 0.15) is 5.69 Å². The highest BCUT2D eigenvalue weighted by Crippen LogP contribution is 2.35. The number of carbonyl (C=O) groups excluding carboxylic acids is 1. The van der Waals surface area contributed by atoms with Crippen LogP contribution in [0.2, 0.25) is 0 Å². The fraction of sp³-hybridized carbons (Fsp3) is 0.182. The van der Waals surface area contributed by atoms with E-state index in [-0.39, 0.29) is 12.3 Å². The van der Waals surface area contributed by atoms with E-state index >= 15 is 0 Å². The number of H-pyrrole nitrogens is 1. The predicted molar refractivity (Wildman–Crippen MR) is 123 cm³/mol. The third-order valence-corrected chi connectivity index (χ3v) is 4.74. The molecule has 0 atom stereocenters. The van der Waals surface area contributed by atoms with E-state index in [9.17, 15) is 9.18 Å². The van der Waals surface area contributed by atoms with E-state index in [4.69, 9.17) is 21.1 Å². The molecule has 9 nitrogen and oxygen atoms in total. The first-order chi connectivity index (χ1) is 16.1. The summed E-state index contributed by atoms with van der Waals surface area (Å²) in [4.78, 5) is 20.9. The number of nitrogens with zero attached hydrogens (tertiary/aromatic N) is 3. The van der Waals surface area contributed by atoms with Gasteiger partial charge in [-0.25, -0.2) is 14.4 Å². The van der Waals surface area contributed by atoms with E-state index in [0.717, 1.165) is 0 Å². The SMILES string of the molecule is COc1cc(OCCCl)c2c(Nc3cc(CC(=O)Nc4cccc(F)c4)[nH]n3)ncnc2c1. The van der Waals surface area contributed by atoms with Gasteiger partial charge in [0.25, 0.3) is 0 Å². The Kier molecular flexibility index (Phi) is 6.84. The number of rotatable bonds is 9. The molecule has 33 heavy (non-hydrogen) atoms. The number of hydrogen-bond acceptors (Lipinski definition) is 7. The number of anilines is 3. The van der Waals surface area contributed by atoms with E-state index in [1.165, 1.54) is 24.5 Å². The van der Waals surface area contributed by atoms with Gasteiger partial charge in [0.2, 0.25) is 5.91 Å². The molecule has 0 aliphatic rings. The van der Waals surface area contributed by atoms with Crippen molar-refractivity contribution in [1.82, 2.24) is 20.2 Å².